The molecule has 112 valence electrons. The fourth-order valence-corrected chi connectivity index (χ4v) is 3.25. The number of likely N-dealkylation sites (N-methyl/N-ethyl adjacent to an activating group) is 1. The quantitative estimate of drug-likeness (QED) is 0.928. The van der Waals surface area contributed by atoms with Crippen molar-refractivity contribution in [1.29, 1.82) is 0 Å². The molecular weight excluding hydrogens is 266 g/mol. The fourth-order valence-electron chi connectivity index (χ4n) is 3.25. The Labute approximate surface area is 125 Å². The van der Waals surface area contributed by atoms with Gasteiger partial charge in [-0.3, -0.25) is 0 Å². The first-order valence-electron chi connectivity index (χ1n) is 7.18. The van der Waals surface area contributed by atoms with Crippen LogP contribution in [-0.4, -0.2) is 24.1 Å². The molecule has 0 saturated carbocycles. The SMILES string of the molecule is CN(C)C1=CCCC1(O)c1ccccc1C1(C)OC=CO1. The molecule has 2 aliphatic rings. The van der Waals surface area contributed by atoms with Crippen LogP contribution in [0.15, 0.2) is 48.6 Å². The third-order valence-corrected chi connectivity index (χ3v) is 4.25. The maximum atomic E-state index is 11.3. The molecule has 1 aromatic carbocycles. The molecule has 4 nitrogen and oxygen atoms in total. The first kappa shape index (κ1) is 14.0. The zero-order valence-corrected chi connectivity index (χ0v) is 12.7. The van der Waals surface area contributed by atoms with E-state index >= 15 is 0 Å². The second-order valence-electron chi connectivity index (χ2n) is 5.88. The molecule has 0 fully saturated rings. The van der Waals surface area contributed by atoms with Crippen molar-refractivity contribution < 1.29 is 14.6 Å². The van der Waals surface area contributed by atoms with Gasteiger partial charge in [0.2, 0.25) is 0 Å². The summed E-state index contributed by atoms with van der Waals surface area (Å²) in [7, 11) is 3.91. The zero-order chi connectivity index (χ0) is 15.1. The van der Waals surface area contributed by atoms with Gasteiger partial charge < -0.3 is 19.5 Å². The lowest BCUT2D eigenvalue weighted by Crippen LogP contribution is -2.36. The molecule has 3 rings (SSSR count). The van der Waals surface area contributed by atoms with Gasteiger partial charge in [0.05, 0.1) is 0 Å². The molecule has 1 unspecified atom stereocenters. The minimum Gasteiger partial charge on any atom is -0.453 e. The van der Waals surface area contributed by atoms with Gasteiger partial charge in [-0.1, -0.05) is 30.3 Å². The molecule has 0 bridgehead atoms. The topological polar surface area (TPSA) is 41.9 Å². The molecule has 0 radical (unpaired) electrons. The minimum atomic E-state index is -1.00. The molecule has 0 spiro atoms. The van der Waals surface area contributed by atoms with Gasteiger partial charge in [-0.2, -0.15) is 0 Å². The van der Waals surface area contributed by atoms with Crippen molar-refractivity contribution in [3.8, 4) is 0 Å². The highest BCUT2D eigenvalue weighted by Crippen LogP contribution is 2.45. The highest BCUT2D eigenvalue weighted by molar-refractivity contribution is 5.43. The second-order valence-corrected chi connectivity index (χ2v) is 5.88. The summed E-state index contributed by atoms with van der Waals surface area (Å²) in [5.41, 5.74) is 1.61. The predicted molar refractivity (Wildman–Crippen MR) is 80.0 cm³/mol. The van der Waals surface area contributed by atoms with E-state index in [4.69, 9.17) is 9.47 Å². The number of rotatable bonds is 3. The van der Waals surface area contributed by atoms with Gasteiger partial charge in [0.1, 0.15) is 18.1 Å². The van der Waals surface area contributed by atoms with Crippen molar-refractivity contribution in [1.82, 2.24) is 4.90 Å². The average molecular weight is 287 g/mol. The molecule has 1 heterocycles. The summed E-state index contributed by atoms with van der Waals surface area (Å²) in [6, 6.07) is 7.78. The maximum Gasteiger partial charge on any atom is 0.274 e. The van der Waals surface area contributed by atoms with Crippen LogP contribution in [-0.2, 0) is 20.9 Å². The summed E-state index contributed by atoms with van der Waals surface area (Å²) in [6.07, 6.45) is 6.69. The Bertz CT molecular complexity index is 598. The van der Waals surface area contributed by atoms with Crippen LogP contribution in [0.1, 0.15) is 30.9 Å². The van der Waals surface area contributed by atoms with Crippen LogP contribution in [0.3, 0.4) is 0 Å². The Balaban J connectivity index is 2.10. The third-order valence-electron chi connectivity index (χ3n) is 4.25. The van der Waals surface area contributed by atoms with E-state index < -0.39 is 11.4 Å². The van der Waals surface area contributed by atoms with Crippen LogP contribution in [0.5, 0.6) is 0 Å². The van der Waals surface area contributed by atoms with E-state index in [1.165, 1.54) is 12.5 Å². The summed E-state index contributed by atoms with van der Waals surface area (Å²) in [5, 5.41) is 11.3. The minimum absolute atomic E-state index is 0.668. The monoisotopic (exact) mass is 287 g/mol. The molecule has 1 aliphatic carbocycles. The number of benzene rings is 1. The lowest BCUT2D eigenvalue weighted by molar-refractivity contribution is -0.135. The summed E-state index contributed by atoms with van der Waals surface area (Å²) in [5.74, 6) is -0.883. The Morgan fingerprint density at radius 2 is 1.71 bits per heavy atom. The molecule has 4 heteroatoms. The number of hydrogen-bond donors (Lipinski definition) is 1. The smallest absolute Gasteiger partial charge is 0.274 e. The molecule has 1 aliphatic heterocycles. The van der Waals surface area contributed by atoms with Gasteiger partial charge in [-0.15, -0.1) is 0 Å². The highest BCUT2D eigenvalue weighted by Gasteiger charge is 2.44. The molecule has 0 aromatic heterocycles. The van der Waals surface area contributed by atoms with Crippen molar-refractivity contribution >= 4 is 0 Å². The molecule has 0 amide bonds. The summed E-state index contributed by atoms with van der Waals surface area (Å²) in [4.78, 5) is 1.97. The lowest BCUT2D eigenvalue weighted by Gasteiger charge is -2.35. The molecular formula is C17H21NO3. The largest absolute Gasteiger partial charge is 0.453 e. The van der Waals surface area contributed by atoms with Crippen LogP contribution in [0.2, 0.25) is 0 Å². The normalized spacial score (nSPS) is 26.2. The third kappa shape index (κ3) is 2.10. The van der Waals surface area contributed by atoms with E-state index in [0.29, 0.717) is 6.42 Å². The molecule has 1 aromatic rings. The summed E-state index contributed by atoms with van der Waals surface area (Å²) < 4.78 is 11.2. The molecule has 0 saturated heterocycles. The van der Waals surface area contributed by atoms with Crippen LogP contribution in [0.4, 0.5) is 0 Å². The number of allylic oxidation sites excluding steroid dienone is 1. The second kappa shape index (κ2) is 4.81. The first-order chi connectivity index (χ1) is 9.97. The summed E-state index contributed by atoms with van der Waals surface area (Å²) in [6.45, 7) is 1.86. The van der Waals surface area contributed by atoms with Crippen LogP contribution < -0.4 is 0 Å². The zero-order valence-electron chi connectivity index (χ0n) is 12.7. The number of nitrogens with zero attached hydrogens (tertiary/aromatic N) is 1. The van der Waals surface area contributed by atoms with Crippen molar-refractivity contribution in [2.75, 3.05) is 14.1 Å². The van der Waals surface area contributed by atoms with Crippen molar-refractivity contribution in [3.63, 3.8) is 0 Å². The van der Waals surface area contributed by atoms with Crippen LogP contribution in [0, 0.1) is 0 Å². The lowest BCUT2D eigenvalue weighted by atomic mass is 9.84. The standard InChI is InChI=1S/C17H21NO3/c1-16(20-11-12-21-16)13-7-4-5-8-14(13)17(19)10-6-9-15(17)18(2)3/h4-5,7-9,11-12,19H,6,10H2,1-3H3. The van der Waals surface area contributed by atoms with Crippen molar-refractivity contribution in [2.24, 2.45) is 0 Å². The predicted octanol–water partition coefficient (Wildman–Crippen LogP) is 2.80. The first-order valence-corrected chi connectivity index (χ1v) is 7.18. The Kier molecular flexibility index (Phi) is 3.21. The maximum absolute atomic E-state index is 11.3. The van der Waals surface area contributed by atoms with E-state index in [2.05, 4.69) is 6.08 Å². The molecule has 1 atom stereocenters. The highest BCUT2D eigenvalue weighted by atomic mass is 16.7. The summed E-state index contributed by atoms with van der Waals surface area (Å²) >= 11 is 0. The van der Waals surface area contributed by atoms with Crippen molar-refractivity contribution in [2.45, 2.75) is 31.2 Å². The van der Waals surface area contributed by atoms with Gasteiger partial charge >= 0.3 is 0 Å². The van der Waals surface area contributed by atoms with E-state index in [0.717, 1.165) is 23.2 Å². The average Bonchev–Trinajstić information content (AvgIpc) is 3.07. The molecule has 1 N–H and O–H groups in total. The Hall–Kier alpha value is -1.94. The number of ether oxygens (including phenoxy) is 2. The Morgan fingerprint density at radius 1 is 1.10 bits per heavy atom. The van der Waals surface area contributed by atoms with Gasteiger partial charge in [0.25, 0.3) is 5.79 Å². The molecule has 21 heavy (non-hydrogen) atoms. The fraction of sp³-hybridized carbons (Fsp3) is 0.412. The van der Waals surface area contributed by atoms with Gasteiger partial charge in [0.15, 0.2) is 0 Å². The van der Waals surface area contributed by atoms with Crippen LogP contribution >= 0.6 is 0 Å². The van der Waals surface area contributed by atoms with Crippen molar-refractivity contribution in [3.05, 3.63) is 59.7 Å². The van der Waals surface area contributed by atoms with Gasteiger partial charge in [-0.05, 0) is 12.8 Å². The van der Waals surface area contributed by atoms with Crippen LogP contribution in [0.25, 0.3) is 0 Å². The number of aliphatic hydroxyl groups is 1. The van der Waals surface area contributed by atoms with Gasteiger partial charge in [0, 0.05) is 37.8 Å². The Morgan fingerprint density at radius 3 is 2.33 bits per heavy atom. The van der Waals surface area contributed by atoms with E-state index in [1.54, 1.807) is 0 Å². The van der Waals surface area contributed by atoms with E-state index in [1.807, 2.05) is 50.2 Å². The van der Waals surface area contributed by atoms with E-state index in [-0.39, 0.29) is 0 Å². The van der Waals surface area contributed by atoms with E-state index in [9.17, 15) is 5.11 Å². The number of hydrogen-bond acceptors (Lipinski definition) is 4. The van der Waals surface area contributed by atoms with Gasteiger partial charge in [-0.25, -0.2) is 0 Å².